The van der Waals surface area contributed by atoms with Gasteiger partial charge in [0.1, 0.15) is 0 Å². The van der Waals surface area contributed by atoms with E-state index in [0.717, 1.165) is 48.0 Å². The van der Waals surface area contributed by atoms with Crippen molar-refractivity contribution >= 4 is 29.1 Å². The fraction of sp³-hybridized carbons (Fsp3) is 0.348. The number of rotatable bonds is 7. The first-order valence-corrected chi connectivity index (χ1v) is 10.3. The van der Waals surface area contributed by atoms with Crippen molar-refractivity contribution in [2.24, 2.45) is 4.99 Å². The molecule has 0 aromatic heterocycles. The standard InChI is InChI=1S/C23H29N5O2/c1-3-24-23(26-16-19-6-4-7-20(14-19)27-17(2)29)25-15-18-9-11-21(12-10-18)28-13-5-8-22(28)30/h4,6-7,9-12,14H,3,5,8,13,15-16H2,1-2H3,(H,27,29)(H2,24,25,26). The van der Waals surface area contributed by atoms with Crippen LogP contribution in [0, 0.1) is 0 Å². The third-order valence-corrected chi connectivity index (χ3v) is 4.79. The summed E-state index contributed by atoms with van der Waals surface area (Å²) in [4.78, 5) is 29.6. The van der Waals surface area contributed by atoms with Crippen LogP contribution >= 0.6 is 0 Å². The second-order valence-electron chi connectivity index (χ2n) is 7.25. The van der Waals surface area contributed by atoms with Gasteiger partial charge in [-0.25, -0.2) is 4.99 Å². The number of carbonyl (C=O) groups is 2. The Kier molecular flexibility index (Phi) is 7.43. The van der Waals surface area contributed by atoms with Crippen LogP contribution in [0.25, 0.3) is 0 Å². The third-order valence-electron chi connectivity index (χ3n) is 4.79. The van der Waals surface area contributed by atoms with Crippen molar-refractivity contribution in [1.29, 1.82) is 0 Å². The van der Waals surface area contributed by atoms with E-state index in [2.05, 4.69) is 20.9 Å². The second kappa shape index (κ2) is 10.4. The van der Waals surface area contributed by atoms with Gasteiger partial charge >= 0.3 is 0 Å². The first-order chi connectivity index (χ1) is 14.5. The van der Waals surface area contributed by atoms with Gasteiger partial charge in [0.15, 0.2) is 5.96 Å². The van der Waals surface area contributed by atoms with Crippen LogP contribution in [-0.2, 0) is 22.7 Å². The first-order valence-electron chi connectivity index (χ1n) is 10.3. The maximum atomic E-state index is 11.9. The molecule has 0 unspecified atom stereocenters. The lowest BCUT2D eigenvalue weighted by Crippen LogP contribution is -2.36. The molecule has 3 N–H and O–H groups in total. The smallest absolute Gasteiger partial charge is 0.227 e. The van der Waals surface area contributed by atoms with Gasteiger partial charge in [0.2, 0.25) is 11.8 Å². The van der Waals surface area contributed by atoms with Gasteiger partial charge in [-0.2, -0.15) is 0 Å². The normalized spacial score (nSPS) is 14.0. The summed E-state index contributed by atoms with van der Waals surface area (Å²) in [5, 5.41) is 9.38. The molecule has 0 aliphatic carbocycles. The monoisotopic (exact) mass is 407 g/mol. The molecular formula is C23H29N5O2. The summed E-state index contributed by atoms with van der Waals surface area (Å²) < 4.78 is 0. The van der Waals surface area contributed by atoms with Crippen LogP contribution in [-0.4, -0.2) is 30.9 Å². The third kappa shape index (κ3) is 6.07. The van der Waals surface area contributed by atoms with Gasteiger partial charge in [-0.1, -0.05) is 24.3 Å². The van der Waals surface area contributed by atoms with Crippen molar-refractivity contribution in [3.05, 3.63) is 59.7 Å². The van der Waals surface area contributed by atoms with E-state index < -0.39 is 0 Å². The van der Waals surface area contributed by atoms with Crippen molar-refractivity contribution in [3.63, 3.8) is 0 Å². The molecule has 7 heteroatoms. The highest BCUT2D eigenvalue weighted by Crippen LogP contribution is 2.21. The number of carbonyl (C=O) groups excluding carboxylic acids is 2. The zero-order valence-corrected chi connectivity index (χ0v) is 17.6. The summed E-state index contributed by atoms with van der Waals surface area (Å²) in [6.45, 7) is 6.21. The summed E-state index contributed by atoms with van der Waals surface area (Å²) >= 11 is 0. The van der Waals surface area contributed by atoms with E-state index in [9.17, 15) is 9.59 Å². The molecule has 30 heavy (non-hydrogen) atoms. The van der Waals surface area contributed by atoms with E-state index in [-0.39, 0.29) is 11.8 Å². The molecule has 158 valence electrons. The molecule has 0 bridgehead atoms. The van der Waals surface area contributed by atoms with Crippen LogP contribution in [0.3, 0.4) is 0 Å². The minimum Gasteiger partial charge on any atom is -0.357 e. The van der Waals surface area contributed by atoms with E-state index in [1.165, 1.54) is 6.92 Å². The second-order valence-corrected chi connectivity index (χ2v) is 7.25. The Balaban J connectivity index is 1.58. The molecule has 7 nitrogen and oxygen atoms in total. The largest absolute Gasteiger partial charge is 0.357 e. The van der Waals surface area contributed by atoms with E-state index >= 15 is 0 Å². The van der Waals surface area contributed by atoms with Crippen molar-refractivity contribution in [2.45, 2.75) is 39.8 Å². The van der Waals surface area contributed by atoms with Gasteiger partial charge < -0.3 is 20.9 Å². The molecule has 1 aliphatic heterocycles. The number of guanidine groups is 1. The van der Waals surface area contributed by atoms with Crippen LogP contribution in [0.15, 0.2) is 53.5 Å². The Hall–Kier alpha value is -3.35. The lowest BCUT2D eigenvalue weighted by Gasteiger charge is -2.16. The van der Waals surface area contributed by atoms with E-state index in [0.29, 0.717) is 19.5 Å². The van der Waals surface area contributed by atoms with E-state index in [4.69, 9.17) is 0 Å². The zero-order chi connectivity index (χ0) is 21.3. The number of benzene rings is 2. The Bertz CT molecular complexity index is 908. The van der Waals surface area contributed by atoms with Gasteiger partial charge in [-0.3, -0.25) is 9.59 Å². The van der Waals surface area contributed by atoms with E-state index in [1.54, 1.807) is 0 Å². The Morgan fingerprint density at radius 3 is 2.57 bits per heavy atom. The SMILES string of the molecule is CCNC(=NCc1cccc(NC(C)=O)c1)NCc1ccc(N2CCCC2=O)cc1. The summed E-state index contributed by atoms with van der Waals surface area (Å²) in [5.74, 6) is 0.831. The average molecular weight is 408 g/mol. The molecular weight excluding hydrogens is 378 g/mol. The number of anilines is 2. The fourth-order valence-corrected chi connectivity index (χ4v) is 3.36. The van der Waals surface area contributed by atoms with Gasteiger partial charge in [-0.05, 0) is 48.7 Å². The predicted molar refractivity (Wildman–Crippen MR) is 120 cm³/mol. The molecule has 2 aromatic carbocycles. The van der Waals surface area contributed by atoms with Gasteiger partial charge in [0, 0.05) is 44.4 Å². The predicted octanol–water partition coefficient (Wildman–Crippen LogP) is 3.03. The van der Waals surface area contributed by atoms with Crippen LogP contribution < -0.4 is 20.9 Å². The van der Waals surface area contributed by atoms with Crippen molar-refractivity contribution < 1.29 is 9.59 Å². The summed E-state index contributed by atoms with van der Waals surface area (Å²) in [6, 6.07) is 15.7. The minimum absolute atomic E-state index is 0.0919. The van der Waals surface area contributed by atoms with Crippen LogP contribution in [0.4, 0.5) is 11.4 Å². The van der Waals surface area contributed by atoms with Crippen LogP contribution in [0.2, 0.25) is 0 Å². The Morgan fingerprint density at radius 2 is 1.90 bits per heavy atom. The molecule has 1 heterocycles. The Labute approximate surface area is 177 Å². The highest BCUT2D eigenvalue weighted by molar-refractivity contribution is 5.95. The Morgan fingerprint density at radius 1 is 1.10 bits per heavy atom. The minimum atomic E-state index is -0.0919. The molecule has 0 saturated carbocycles. The molecule has 1 fully saturated rings. The molecule has 2 amide bonds. The van der Waals surface area contributed by atoms with Crippen LogP contribution in [0.1, 0.15) is 37.8 Å². The highest BCUT2D eigenvalue weighted by Gasteiger charge is 2.21. The summed E-state index contributed by atoms with van der Waals surface area (Å²) in [7, 11) is 0. The quantitative estimate of drug-likeness (QED) is 0.486. The van der Waals surface area contributed by atoms with Gasteiger partial charge in [0.25, 0.3) is 0 Å². The number of hydrogen-bond donors (Lipinski definition) is 3. The molecule has 2 aromatic rings. The fourth-order valence-electron chi connectivity index (χ4n) is 3.36. The maximum absolute atomic E-state index is 11.9. The number of nitrogens with zero attached hydrogens (tertiary/aromatic N) is 2. The highest BCUT2D eigenvalue weighted by atomic mass is 16.2. The lowest BCUT2D eigenvalue weighted by molar-refractivity contribution is -0.117. The number of nitrogens with one attached hydrogen (secondary N) is 3. The lowest BCUT2D eigenvalue weighted by atomic mass is 10.2. The number of aliphatic imine (C=N–C) groups is 1. The van der Waals surface area contributed by atoms with Crippen molar-refractivity contribution in [3.8, 4) is 0 Å². The average Bonchev–Trinajstić information content (AvgIpc) is 3.16. The van der Waals surface area contributed by atoms with Gasteiger partial charge in [0.05, 0.1) is 6.54 Å². The maximum Gasteiger partial charge on any atom is 0.227 e. The summed E-state index contributed by atoms with van der Waals surface area (Å²) in [5.41, 5.74) is 3.85. The molecule has 0 spiro atoms. The van der Waals surface area contributed by atoms with Crippen molar-refractivity contribution in [2.75, 3.05) is 23.3 Å². The topological polar surface area (TPSA) is 85.8 Å². The van der Waals surface area contributed by atoms with Crippen LogP contribution in [0.5, 0.6) is 0 Å². The van der Waals surface area contributed by atoms with Gasteiger partial charge in [-0.15, -0.1) is 0 Å². The van der Waals surface area contributed by atoms with Crippen molar-refractivity contribution in [1.82, 2.24) is 10.6 Å². The summed E-state index contributed by atoms with van der Waals surface area (Å²) in [6.07, 6.45) is 1.57. The number of amides is 2. The molecule has 0 atom stereocenters. The van der Waals surface area contributed by atoms with E-state index in [1.807, 2.05) is 60.4 Å². The molecule has 0 radical (unpaired) electrons. The molecule has 1 saturated heterocycles. The molecule has 3 rings (SSSR count). The number of hydrogen-bond acceptors (Lipinski definition) is 3. The zero-order valence-electron chi connectivity index (χ0n) is 17.6. The molecule has 1 aliphatic rings. The first kappa shape index (κ1) is 21.4.